The zero-order valence-corrected chi connectivity index (χ0v) is 15.2. The number of nitrogens with two attached hydrogens (primary N) is 1. The molecule has 1 aromatic heterocycles. The molecule has 0 aliphatic rings. The standard InChI is InChI=1S/C20H25N3O2/c1-14(9-11-23-12-10-17(22)18(23)13-21)15-5-7-16(8-6-15)19(24)25-20(2,3)4/h5-8,10,12,14H,9,11,22H2,1-4H3. The van der Waals surface area contributed by atoms with Crippen molar-refractivity contribution in [2.45, 2.75) is 52.2 Å². The van der Waals surface area contributed by atoms with E-state index in [2.05, 4.69) is 13.0 Å². The third-order valence-electron chi connectivity index (χ3n) is 4.02. The van der Waals surface area contributed by atoms with Gasteiger partial charge in [-0.15, -0.1) is 0 Å². The molecule has 2 N–H and O–H groups in total. The molecule has 0 aliphatic carbocycles. The second-order valence-corrected chi connectivity index (χ2v) is 7.24. The van der Waals surface area contributed by atoms with Gasteiger partial charge in [-0.3, -0.25) is 0 Å². The number of anilines is 1. The molecule has 5 nitrogen and oxygen atoms in total. The highest BCUT2D eigenvalue weighted by Gasteiger charge is 2.18. The molecule has 2 aromatic rings. The summed E-state index contributed by atoms with van der Waals surface area (Å²) in [5.74, 6) is -0.0176. The summed E-state index contributed by atoms with van der Waals surface area (Å²) in [5, 5.41) is 9.14. The summed E-state index contributed by atoms with van der Waals surface area (Å²) < 4.78 is 7.25. The van der Waals surface area contributed by atoms with Gasteiger partial charge in [-0.05, 0) is 56.9 Å². The minimum Gasteiger partial charge on any atom is -0.456 e. The second-order valence-electron chi connectivity index (χ2n) is 7.24. The van der Waals surface area contributed by atoms with E-state index in [1.54, 1.807) is 18.2 Å². The Morgan fingerprint density at radius 2 is 1.92 bits per heavy atom. The van der Waals surface area contributed by atoms with E-state index in [-0.39, 0.29) is 5.97 Å². The third-order valence-corrected chi connectivity index (χ3v) is 4.02. The molecule has 0 saturated carbocycles. The number of rotatable bonds is 5. The van der Waals surface area contributed by atoms with Crippen molar-refractivity contribution in [1.29, 1.82) is 5.26 Å². The van der Waals surface area contributed by atoms with Crippen molar-refractivity contribution in [3.63, 3.8) is 0 Å². The van der Waals surface area contributed by atoms with Crippen LogP contribution in [-0.4, -0.2) is 16.1 Å². The van der Waals surface area contributed by atoms with E-state index < -0.39 is 5.60 Å². The van der Waals surface area contributed by atoms with Crippen LogP contribution in [-0.2, 0) is 11.3 Å². The number of hydrogen-bond acceptors (Lipinski definition) is 4. The van der Waals surface area contributed by atoms with E-state index in [4.69, 9.17) is 15.7 Å². The summed E-state index contributed by atoms with van der Waals surface area (Å²) in [4.78, 5) is 12.1. The Labute approximate surface area is 149 Å². The molecular weight excluding hydrogens is 314 g/mol. The highest BCUT2D eigenvalue weighted by Crippen LogP contribution is 2.22. The fourth-order valence-electron chi connectivity index (χ4n) is 2.59. The minimum absolute atomic E-state index is 0.294. The normalized spacial score (nSPS) is 12.4. The molecule has 5 heteroatoms. The number of ether oxygens (including phenoxy) is 1. The average molecular weight is 339 g/mol. The maximum Gasteiger partial charge on any atom is 0.338 e. The molecule has 1 aromatic carbocycles. The highest BCUT2D eigenvalue weighted by atomic mass is 16.6. The van der Waals surface area contributed by atoms with E-state index in [9.17, 15) is 4.79 Å². The SMILES string of the molecule is CC(CCn1ccc(N)c1C#N)c1ccc(C(=O)OC(C)(C)C)cc1. The van der Waals surface area contributed by atoms with Gasteiger partial charge in [0.25, 0.3) is 0 Å². The van der Waals surface area contributed by atoms with Crippen LogP contribution in [0, 0.1) is 11.3 Å². The Kier molecular flexibility index (Phi) is 5.53. The van der Waals surface area contributed by atoms with Crippen molar-refractivity contribution in [1.82, 2.24) is 4.57 Å². The highest BCUT2D eigenvalue weighted by molar-refractivity contribution is 5.89. The van der Waals surface area contributed by atoms with Gasteiger partial charge in [-0.25, -0.2) is 4.79 Å². The molecule has 25 heavy (non-hydrogen) atoms. The van der Waals surface area contributed by atoms with Crippen LogP contribution in [0.25, 0.3) is 0 Å². The van der Waals surface area contributed by atoms with Crippen molar-refractivity contribution in [3.05, 3.63) is 53.3 Å². The van der Waals surface area contributed by atoms with Crippen LogP contribution >= 0.6 is 0 Å². The first-order valence-electron chi connectivity index (χ1n) is 8.39. The number of nitrogen functional groups attached to an aromatic ring is 1. The summed E-state index contributed by atoms with van der Waals surface area (Å²) in [6, 6.07) is 11.4. The lowest BCUT2D eigenvalue weighted by Crippen LogP contribution is -2.23. The molecule has 2 rings (SSSR count). The minimum atomic E-state index is -0.500. The first-order chi connectivity index (χ1) is 11.7. The zero-order chi connectivity index (χ0) is 18.6. The number of carbonyl (C=O) groups excluding carboxylic acids is 1. The monoisotopic (exact) mass is 339 g/mol. The van der Waals surface area contributed by atoms with Crippen LogP contribution < -0.4 is 5.73 Å². The molecule has 132 valence electrons. The maximum atomic E-state index is 12.1. The van der Waals surface area contributed by atoms with Crippen LogP contribution in [0.2, 0.25) is 0 Å². The number of nitrogens with zero attached hydrogens (tertiary/aromatic N) is 2. The summed E-state index contributed by atoms with van der Waals surface area (Å²) >= 11 is 0. The van der Waals surface area contributed by atoms with Crippen molar-refractivity contribution in [3.8, 4) is 6.07 Å². The van der Waals surface area contributed by atoms with E-state index in [0.29, 0.717) is 22.9 Å². The first kappa shape index (κ1) is 18.6. The van der Waals surface area contributed by atoms with Gasteiger partial charge in [0.1, 0.15) is 17.4 Å². The quantitative estimate of drug-likeness (QED) is 0.832. The van der Waals surface area contributed by atoms with Crippen LogP contribution in [0.5, 0.6) is 0 Å². The number of carbonyl (C=O) groups is 1. The van der Waals surface area contributed by atoms with E-state index in [1.165, 1.54) is 0 Å². The van der Waals surface area contributed by atoms with Gasteiger partial charge in [-0.2, -0.15) is 5.26 Å². The number of aryl methyl sites for hydroxylation is 1. The van der Waals surface area contributed by atoms with Gasteiger partial charge in [-0.1, -0.05) is 19.1 Å². The number of nitriles is 1. The van der Waals surface area contributed by atoms with Crippen LogP contribution in [0.15, 0.2) is 36.5 Å². The average Bonchev–Trinajstić information content (AvgIpc) is 2.91. The molecule has 0 spiro atoms. The van der Waals surface area contributed by atoms with Crippen molar-refractivity contribution in [2.75, 3.05) is 5.73 Å². The van der Waals surface area contributed by atoms with E-state index >= 15 is 0 Å². The molecule has 0 aliphatic heterocycles. The zero-order valence-electron chi connectivity index (χ0n) is 15.2. The first-order valence-corrected chi connectivity index (χ1v) is 8.39. The fourth-order valence-corrected chi connectivity index (χ4v) is 2.59. The molecule has 0 saturated heterocycles. The van der Waals surface area contributed by atoms with E-state index in [1.807, 2.05) is 43.7 Å². The van der Waals surface area contributed by atoms with Gasteiger partial charge in [0.2, 0.25) is 0 Å². The van der Waals surface area contributed by atoms with Crippen LogP contribution in [0.1, 0.15) is 61.6 Å². The van der Waals surface area contributed by atoms with Gasteiger partial charge in [0, 0.05) is 12.7 Å². The largest absolute Gasteiger partial charge is 0.456 e. The topological polar surface area (TPSA) is 81.0 Å². The summed E-state index contributed by atoms with van der Waals surface area (Å²) in [6.45, 7) is 8.40. The summed E-state index contributed by atoms with van der Waals surface area (Å²) in [6.07, 6.45) is 2.71. The van der Waals surface area contributed by atoms with Crippen molar-refractivity contribution < 1.29 is 9.53 Å². The Bertz CT molecular complexity index is 777. The molecule has 0 fully saturated rings. The number of esters is 1. The number of aromatic nitrogens is 1. The lowest BCUT2D eigenvalue weighted by Gasteiger charge is -2.19. The predicted octanol–water partition coefficient (Wildman–Crippen LogP) is 4.09. The van der Waals surface area contributed by atoms with Gasteiger partial charge < -0.3 is 15.0 Å². The Morgan fingerprint density at radius 1 is 1.28 bits per heavy atom. The molecule has 0 radical (unpaired) electrons. The molecule has 1 atom stereocenters. The molecule has 0 bridgehead atoms. The van der Waals surface area contributed by atoms with E-state index in [0.717, 1.165) is 18.5 Å². The van der Waals surface area contributed by atoms with Gasteiger partial charge in [0.05, 0.1) is 11.3 Å². The van der Waals surface area contributed by atoms with Crippen LogP contribution in [0.4, 0.5) is 5.69 Å². The Morgan fingerprint density at radius 3 is 2.48 bits per heavy atom. The third kappa shape index (κ3) is 4.87. The van der Waals surface area contributed by atoms with Gasteiger partial charge >= 0.3 is 5.97 Å². The van der Waals surface area contributed by atoms with Crippen molar-refractivity contribution >= 4 is 11.7 Å². The van der Waals surface area contributed by atoms with Gasteiger partial charge in [0.15, 0.2) is 0 Å². The molecule has 1 heterocycles. The number of hydrogen-bond donors (Lipinski definition) is 1. The molecular formula is C20H25N3O2. The lowest BCUT2D eigenvalue weighted by atomic mass is 9.96. The Balaban J connectivity index is 1.99. The predicted molar refractivity (Wildman–Crippen MR) is 98.2 cm³/mol. The lowest BCUT2D eigenvalue weighted by molar-refractivity contribution is 0.00695. The smallest absolute Gasteiger partial charge is 0.338 e. The molecule has 1 unspecified atom stereocenters. The molecule has 0 amide bonds. The second kappa shape index (κ2) is 7.43. The van der Waals surface area contributed by atoms with Crippen LogP contribution in [0.3, 0.4) is 0 Å². The summed E-state index contributed by atoms with van der Waals surface area (Å²) in [7, 11) is 0. The van der Waals surface area contributed by atoms with Crippen molar-refractivity contribution in [2.24, 2.45) is 0 Å². The number of benzene rings is 1. The summed E-state index contributed by atoms with van der Waals surface area (Å²) in [5.41, 5.74) is 7.99. The Hall–Kier alpha value is -2.74. The maximum absolute atomic E-state index is 12.1. The fraction of sp³-hybridized carbons (Fsp3) is 0.400.